The van der Waals surface area contributed by atoms with Crippen molar-refractivity contribution in [2.24, 2.45) is 11.7 Å². The quantitative estimate of drug-likeness (QED) is 0.846. The largest absolute Gasteiger partial charge is 0.326 e. The van der Waals surface area contributed by atoms with Gasteiger partial charge in [0.1, 0.15) is 0 Å². The van der Waals surface area contributed by atoms with E-state index < -0.39 is 10.0 Å². The Bertz CT molecular complexity index is 536. The molecule has 4 nitrogen and oxygen atoms in total. The Morgan fingerprint density at radius 2 is 2.06 bits per heavy atom. The molecule has 5 heteroatoms. The lowest BCUT2D eigenvalue weighted by Gasteiger charge is -2.13. The molecule has 0 bridgehead atoms. The van der Waals surface area contributed by atoms with E-state index in [0.717, 1.165) is 24.0 Å². The molecule has 0 aromatic heterocycles. The van der Waals surface area contributed by atoms with Crippen molar-refractivity contribution in [1.82, 2.24) is 4.72 Å². The molecule has 1 aromatic rings. The fourth-order valence-corrected chi connectivity index (χ4v) is 3.37. The monoisotopic (exact) mass is 268 g/mol. The molecule has 1 fully saturated rings. The summed E-state index contributed by atoms with van der Waals surface area (Å²) in [7, 11) is -3.44. The minimum atomic E-state index is -3.44. The Morgan fingerprint density at radius 1 is 1.39 bits per heavy atom. The molecule has 0 amide bonds. The van der Waals surface area contributed by atoms with Crippen molar-refractivity contribution in [2.75, 3.05) is 6.54 Å². The third-order valence-corrected chi connectivity index (χ3v) is 4.94. The van der Waals surface area contributed by atoms with Crippen LogP contribution in [0.2, 0.25) is 0 Å². The van der Waals surface area contributed by atoms with Gasteiger partial charge in [0, 0.05) is 12.6 Å². The maximum Gasteiger partial charge on any atom is 0.240 e. The standard InChI is InChI=1S/C13H20N2O2S/c1-9-3-6-13(10(2)7-9)18(16,17)15-8-12(14)11-4-5-11/h3,6-7,11-12,15H,4-5,8,14H2,1-2H3. The Balaban J connectivity index is 2.09. The normalized spacial score (nSPS) is 17.7. The smallest absolute Gasteiger partial charge is 0.240 e. The van der Waals surface area contributed by atoms with Crippen LogP contribution in [-0.4, -0.2) is 21.0 Å². The maximum absolute atomic E-state index is 12.1. The summed E-state index contributed by atoms with van der Waals surface area (Å²) in [6.07, 6.45) is 2.24. The zero-order valence-corrected chi connectivity index (χ0v) is 11.6. The number of sulfonamides is 1. The average molecular weight is 268 g/mol. The van der Waals surface area contributed by atoms with Crippen LogP contribution in [0.1, 0.15) is 24.0 Å². The summed E-state index contributed by atoms with van der Waals surface area (Å²) in [5.74, 6) is 0.492. The topological polar surface area (TPSA) is 72.2 Å². The van der Waals surface area contributed by atoms with Crippen molar-refractivity contribution in [3.63, 3.8) is 0 Å². The van der Waals surface area contributed by atoms with Crippen LogP contribution in [0.25, 0.3) is 0 Å². The maximum atomic E-state index is 12.1. The molecule has 1 atom stereocenters. The molecule has 1 unspecified atom stereocenters. The van der Waals surface area contributed by atoms with Gasteiger partial charge in [-0.2, -0.15) is 0 Å². The van der Waals surface area contributed by atoms with Gasteiger partial charge in [-0.3, -0.25) is 0 Å². The van der Waals surface area contributed by atoms with Crippen LogP contribution in [0, 0.1) is 19.8 Å². The minimum Gasteiger partial charge on any atom is -0.326 e. The molecule has 2 rings (SSSR count). The number of hydrogen-bond donors (Lipinski definition) is 2. The Hall–Kier alpha value is -0.910. The van der Waals surface area contributed by atoms with Crippen LogP contribution in [0.4, 0.5) is 0 Å². The molecule has 1 aliphatic rings. The molecular formula is C13H20N2O2S. The second kappa shape index (κ2) is 4.99. The lowest BCUT2D eigenvalue weighted by Crippen LogP contribution is -2.38. The SMILES string of the molecule is Cc1ccc(S(=O)(=O)NCC(N)C2CC2)c(C)c1. The van der Waals surface area contributed by atoms with Gasteiger partial charge in [-0.15, -0.1) is 0 Å². The first kappa shape index (κ1) is 13.5. The number of nitrogens with two attached hydrogens (primary N) is 1. The van der Waals surface area contributed by atoms with E-state index in [1.54, 1.807) is 6.07 Å². The fraction of sp³-hybridized carbons (Fsp3) is 0.538. The van der Waals surface area contributed by atoms with Gasteiger partial charge in [0.15, 0.2) is 0 Å². The van der Waals surface area contributed by atoms with Crippen molar-refractivity contribution in [3.05, 3.63) is 29.3 Å². The molecule has 0 radical (unpaired) electrons. The zero-order valence-electron chi connectivity index (χ0n) is 10.8. The lowest BCUT2D eigenvalue weighted by molar-refractivity contribution is 0.547. The van der Waals surface area contributed by atoms with Crippen molar-refractivity contribution in [3.8, 4) is 0 Å². The first-order valence-electron chi connectivity index (χ1n) is 6.22. The predicted molar refractivity (Wildman–Crippen MR) is 71.8 cm³/mol. The highest BCUT2D eigenvalue weighted by Crippen LogP contribution is 2.31. The van der Waals surface area contributed by atoms with Gasteiger partial charge in [0.2, 0.25) is 10.0 Å². The fourth-order valence-electron chi connectivity index (χ4n) is 2.08. The number of benzene rings is 1. The molecule has 0 spiro atoms. The Morgan fingerprint density at radius 3 is 2.61 bits per heavy atom. The van der Waals surface area contributed by atoms with Gasteiger partial charge in [-0.1, -0.05) is 17.7 Å². The number of aryl methyl sites for hydroxylation is 2. The van der Waals surface area contributed by atoms with Crippen molar-refractivity contribution in [1.29, 1.82) is 0 Å². The van der Waals surface area contributed by atoms with Crippen LogP contribution in [0.5, 0.6) is 0 Å². The summed E-state index contributed by atoms with van der Waals surface area (Å²) in [5.41, 5.74) is 7.72. The molecule has 1 aliphatic carbocycles. The van der Waals surface area contributed by atoms with E-state index in [4.69, 9.17) is 5.73 Å². The van der Waals surface area contributed by atoms with E-state index in [1.807, 2.05) is 26.0 Å². The van der Waals surface area contributed by atoms with Gasteiger partial charge in [-0.05, 0) is 44.2 Å². The second-order valence-corrected chi connectivity index (χ2v) is 6.86. The van der Waals surface area contributed by atoms with E-state index >= 15 is 0 Å². The molecule has 0 aliphatic heterocycles. The summed E-state index contributed by atoms with van der Waals surface area (Å²) in [6.45, 7) is 4.07. The average Bonchev–Trinajstić information content (AvgIpc) is 3.09. The summed E-state index contributed by atoms with van der Waals surface area (Å²) in [6, 6.07) is 5.26. The lowest BCUT2D eigenvalue weighted by atomic mass is 10.2. The highest BCUT2D eigenvalue weighted by Gasteiger charge is 2.29. The molecule has 0 heterocycles. The molecular weight excluding hydrogens is 248 g/mol. The van der Waals surface area contributed by atoms with Gasteiger partial charge < -0.3 is 5.73 Å². The van der Waals surface area contributed by atoms with Crippen molar-refractivity contribution >= 4 is 10.0 Å². The zero-order chi connectivity index (χ0) is 13.3. The third kappa shape index (κ3) is 3.10. The van der Waals surface area contributed by atoms with Gasteiger partial charge in [-0.25, -0.2) is 13.1 Å². The molecule has 1 aromatic carbocycles. The van der Waals surface area contributed by atoms with Crippen molar-refractivity contribution in [2.45, 2.75) is 37.6 Å². The highest BCUT2D eigenvalue weighted by atomic mass is 32.2. The number of hydrogen-bond acceptors (Lipinski definition) is 3. The first-order chi connectivity index (χ1) is 8.40. The summed E-state index contributed by atoms with van der Waals surface area (Å²) in [5, 5.41) is 0. The van der Waals surface area contributed by atoms with Crippen LogP contribution in [0.3, 0.4) is 0 Å². The molecule has 100 valence electrons. The van der Waals surface area contributed by atoms with E-state index in [1.165, 1.54) is 0 Å². The second-order valence-electron chi connectivity index (χ2n) is 5.12. The Labute approximate surface area is 109 Å². The van der Waals surface area contributed by atoms with Gasteiger partial charge in [0.05, 0.1) is 4.90 Å². The third-order valence-electron chi connectivity index (χ3n) is 3.36. The summed E-state index contributed by atoms with van der Waals surface area (Å²) in [4.78, 5) is 0.344. The van der Waals surface area contributed by atoms with Crippen LogP contribution < -0.4 is 10.5 Å². The van der Waals surface area contributed by atoms with E-state index in [0.29, 0.717) is 17.4 Å². The number of nitrogens with one attached hydrogen (secondary N) is 1. The molecule has 1 saturated carbocycles. The Kier molecular flexibility index (Phi) is 3.75. The van der Waals surface area contributed by atoms with E-state index in [-0.39, 0.29) is 6.04 Å². The van der Waals surface area contributed by atoms with Crippen LogP contribution in [0.15, 0.2) is 23.1 Å². The van der Waals surface area contributed by atoms with Crippen LogP contribution >= 0.6 is 0 Å². The molecule has 3 N–H and O–H groups in total. The number of rotatable bonds is 5. The van der Waals surface area contributed by atoms with Crippen LogP contribution in [-0.2, 0) is 10.0 Å². The van der Waals surface area contributed by atoms with E-state index in [2.05, 4.69) is 4.72 Å². The highest BCUT2D eigenvalue weighted by molar-refractivity contribution is 7.89. The predicted octanol–water partition coefficient (Wildman–Crippen LogP) is 1.32. The first-order valence-corrected chi connectivity index (χ1v) is 7.71. The molecule has 18 heavy (non-hydrogen) atoms. The minimum absolute atomic E-state index is 0.0643. The van der Waals surface area contributed by atoms with Gasteiger partial charge >= 0.3 is 0 Å². The summed E-state index contributed by atoms with van der Waals surface area (Å²) >= 11 is 0. The van der Waals surface area contributed by atoms with Gasteiger partial charge in [0.25, 0.3) is 0 Å². The van der Waals surface area contributed by atoms with Crippen molar-refractivity contribution < 1.29 is 8.42 Å². The molecule has 0 saturated heterocycles. The summed E-state index contributed by atoms with van der Waals surface area (Å²) < 4.78 is 26.9. The van der Waals surface area contributed by atoms with E-state index in [9.17, 15) is 8.42 Å².